The van der Waals surface area contributed by atoms with Crippen LogP contribution in [0.2, 0.25) is 5.02 Å². The van der Waals surface area contributed by atoms with E-state index in [-0.39, 0.29) is 16.6 Å². The van der Waals surface area contributed by atoms with E-state index in [0.29, 0.717) is 19.5 Å². The summed E-state index contributed by atoms with van der Waals surface area (Å²) in [4.78, 5) is 23.2. The Bertz CT molecular complexity index is 502. The zero-order valence-corrected chi connectivity index (χ0v) is 10.0. The number of nitro benzene ring substituents is 1. The minimum absolute atomic E-state index is 0.0201. The van der Waals surface area contributed by atoms with Gasteiger partial charge in [-0.1, -0.05) is 11.6 Å². The Labute approximate surface area is 103 Å². The highest BCUT2D eigenvalue weighted by Gasteiger charge is 2.23. The zero-order chi connectivity index (χ0) is 12.6. The Morgan fingerprint density at radius 1 is 1.47 bits per heavy atom. The van der Waals surface area contributed by atoms with Crippen LogP contribution >= 0.6 is 11.6 Å². The van der Waals surface area contributed by atoms with Gasteiger partial charge in [-0.3, -0.25) is 14.9 Å². The predicted molar refractivity (Wildman–Crippen MR) is 62.9 cm³/mol. The predicted octanol–water partition coefficient (Wildman–Crippen LogP) is 2.15. The molecule has 6 heteroatoms. The lowest BCUT2D eigenvalue weighted by Crippen LogP contribution is -2.34. The summed E-state index contributed by atoms with van der Waals surface area (Å²) in [5.41, 5.74) is 1.69. The van der Waals surface area contributed by atoms with E-state index in [1.54, 1.807) is 11.0 Å². The van der Waals surface area contributed by atoms with E-state index in [4.69, 9.17) is 11.6 Å². The quantitative estimate of drug-likeness (QED) is 0.570. The molecule has 1 aromatic rings. The van der Waals surface area contributed by atoms with Crippen LogP contribution < -0.4 is 0 Å². The maximum atomic E-state index is 11.3. The number of carbonyl (C=O) groups excluding carboxylic acids is 1. The SMILES string of the molecule is CC(=O)N1CCc2cc(Cl)c([N+](=O)[O-])cc2C1. The average molecular weight is 255 g/mol. The van der Waals surface area contributed by atoms with Crippen LogP contribution in [0.1, 0.15) is 18.1 Å². The maximum Gasteiger partial charge on any atom is 0.288 e. The summed E-state index contributed by atoms with van der Waals surface area (Å²) in [7, 11) is 0. The topological polar surface area (TPSA) is 63.5 Å². The van der Waals surface area contributed by atoms with Crippen molar-refractivity contribution in [2.45, 2.75) is 19.9 Å². The summed E-state index contributed by atoms with van der Waals surface area (Å²) in [6.45, 7) is 2.55. The number of rotatable bonds is 1. The number of fused-ring (bicyclic) bond motifs is 1. The number of amides is 1. The van der Waals surface area contributed by atoms with Gasteiger partial charge in [-0.05, 0) is 23.6 Å². The van der Waals surface area contributed by atoms with Gasteiger partial charge in [0, 0.05) is 26.1 Å². The molecule has 0 aromatic heterocycles. The van der Waals surface area contributed by atoms with Crippen LogP contribution in [-0.2, 0) is 17.8 Å². The highest BCUT2D eigenvalue weighted by Crippen LogP contribution is 2.31. The largest absolute Gasteiger partial charge is 0.338 e. The van der Waals surface area contributed by atoms with Crippen LogP contribution in [0.3, 0.4) is 0 Å². The lowest BCUT2D eigenvalue weighted by Gasteiger charge is -2.27. The van der Waals surface area contributed by atoms with Gasteiger partial charge in [-0.15, -0.1) is 0 Å². The van der Waals surface area contributed by atoms with Crippen LogP contribution in [0.4, 0.5) is 5.69 Å². The van der Waals surface area contributed by atoms with E-state index in [0.717, 1.165) is 11.1 Å². The molecule has 1 aromatic carbocycles. The van der Waals surface area contributed by atoms with E-state index in [1.165, 1.54) is 13.0 Å². The van der Waals surface area contributed by atoms with Crippen molar-refractivity contribution in [1.29, 1.82) is 0 Å². The summed E-state index contributed by atoms with van der Waals surface area (Å²) in [6.07, 6.45) is 0.687. The van der Waals surface area contributed by atoms with Crippen LogP contribution in [0, 0.1) is 10.1 Å². The second kappa shape index (κ2) is 4.33. The first kappa shape index (κ1) is 11.9. The molecule has 1 aliphatic rings. The molecular formula is C11H11ClN2O3. The van der Waals surface area contributed by atoms with E-state index >= 15 is 0 Å². The number of hydrogen-bond donors (Lipinski definition) is 0. The van der Waals surface area contributed by atoms with Crippen molar-refractivity contribution in [3.8, 4) is 0 Å². The van der Waals surface area contributed by atoms with Gasteiger partial charge in [0.2, 0.25) is 5.91 Å². The molecule has 5 nitrogen and oxygen atoms in total. The van der Waals surface area contributed by atoms with Gasteiger partial charge in [0.15, 0.2) is 0 Å². The molecule has 17 heavy (non-hydrogen) atoms. The third-order valence-electron chi connectivity index (χ3n) is 2.92. The average Bonchev–Trinajstić information content (AvgIpc) is 2.27. The monoisotopic (exact) mass is 254 g/mol. The molecule has 0 fully saturated rings. The summed E-state index contributed by atoms with van der Waals surface area (Å²) in [5, 5.41) is 10.9. The molecule has 0 spiro atoms. The summed E-state index contributed by atoms with van der Waals surface area (Å²) in [6, 6.07) is 3.10. The number of carbonyl (C=O) groups is 1. The fraction of sp³-hybridized carbons (Fsp3) is 0.364. The Hall–Kier alpha value is -1.62. The molecule has 1 amide bonds. The molecule has 2 rings (SSSR count). The van der Waals surface area contributed by atoms with Crippen molar-refractivity contribution in [3.63, 3.8) is 0 Å². The van der Waals surface area contributed by atoms with Crippen molar-refractivity contribution in [1.82, 2.24) is 4.90 Å². The van der Waals surface area contributed by atoms with Crippen molar-refractivity contribution in [2.75, 3.05) is 6.54 Å². The zero-order valence-electron chi connectivity index (χ0n) is 9.27. The summed E-state index contributed by atoms with van der Waals surface area (Å²) in [5.74, 6) is -0.0201. The fourth-order valence-electron chi connectivity index (χ4n) is 1.97. The molecule has 0 unspecified atom stereocenters. The Morgan fingerprint density at radius 2 is 2.18 bits per heavy atom. The molecule has 0 saturated carbocycles. The van der Waals surface area contributed by atoms with Crippen molar-refractivity contribution >= 4 is 23.2 Å². The first-order chi connectivity index (χ1) is 7.99. The van der Waals surface area contributed by atoms with Crippen LogP contribution in [-0.4, -0.2) is 22.3 Å². The van der Waals surface area contributed by atoms with Gasteiger partial charge in [0.25, 0.3) is 5.69 Å². The minimum atomic E-state index is -0.505. The summed E-state index contributed by atoms with van der Waals surface area (Å²) >= 11 is 5.83. The van der Waals surface area contributed by atoms with Crippen molar-refractivity contribution in [3.05, 3.63) is 38.4 Å². The van der Waals surface area contributed by atoms with Crippen molar-refractivity contribution in [2.24, 2.45) is 0 Å². The van der Waals surface area contributed by atoms with Gasteiger partial charge >= 0.3 is 0 Å². The van der Waals surface area contributed by atoms with Gasteiger partial charge in [0.1, 0.15) is 5.02 Å². The minimum Gasteiger partial charge on any atom is -0.338 e. The third kappa shape index (κ3) is 2.24. The van der Waals surface area contributed by atoms with E-state index in [9.17, 15) is 14.9 Å². The first-order valence-electron chi connectivity index (χ1n) is 5.20. The number of nitrogens with zero attached hydrogens (tertiary/aromatic N) is 2. The molecule has 1 aliphatic heterocycles. The number of hydrogen-bond acceptors (Lipinski definition) is 3. The normalized spacial score (nSPS) is 14.4. The third-order valence-corrected chi connectivity index (χ3v) is 3.23. The maximum absolute atomic E-state index is 11.3. The van der Waals surface area contributed by atoms with Gasteiger partial charge in [0.05, 0.1) is 4.92 Å². The summed E-state index contributed by atoms with van der Waals surface area (Å²) < 4.78 is 0. The number of nitro groups is 1. The Balaban J connectivity index is 2.40. The molecule has 0 atom stereocenters. The smallest absolute Gasteiger partial charge is 0.288 e. The molecule has 0 bridgehead atoms. The number of benzene rings is 1. The van der Waals surface area contributed by atoms with Gasteiger partial charge in [-0.25, -0.2) is 0 Å². The Morgan fingerprint density at radius 3 is 2.76 bits per heavy atom. The van der Waals surface area contributed by atoms with E-state index in [2.05, 4.69) is 0 Å². The van der Waals surface area contributed by atoms with Gasteiger partial charge < -0.3 is 4.90 Å². The molecule has 0 aliphatic carbocycles. The highest BCUT2D eigenvalue weighted by atomic mass is 35.5. The molecular weight excluding hydrogens is 244 g/mol. The van der Waals surface area contributed by atoms with Crippen LogP contribution in [0.25, 0.3) is 0 Å². The van der Waals surface area contributed by atoms with Crippen LogP contribution in [0.5, 0.6) is 0 Å². The van der Waals surface area contributed by atoms with Gasteiger partial charge in [-0.2, -0.15) is 0 Å². The Kier molecular flexibility index (Phi) is 3.02. The second-order valence-electron chi connectivity index (χ2n) is 4.02. The molecule has 0 radical (unpaired) electrons. The van der Waals surface area contributed by atoms with Crippen LogP contribution in [0.15, 0.2) is 12.1 Å². The second-order valence-corrected chi connectivity index (χ2v) is 4.43. The standard InChI is InChI=1S/C11H11ClN2O3/c1-7(15)13-3-2-8-4-10(12)11(14(16)17)5-9(8)6-13/h4-5H,2-3,6H2,1H3. The molecule has 0 N–H and O–H groups in total. The lowest BCUT2D eigenvalue weighted by atomic mass is 9.99. The molecule has 1 heterocycles. The number of halogens is 1. The van der Waals surface area contributed by atoms with Crippen molar-refractivity contribution < 1.29 is 9.72 Å². The fourth-order valence-corrected chi connectivity index (χ4v) is 2.23. The van der Waals surface area contributed by atoms with E-state index < -0.39 is 4.92 Å². The lowest BCUT2D eigenvalue weighted by molar-refractivity contribution is -0.384. The first-order valence-corrected chi connectivity index (χ1v) is 5.58. The highest BCUT2D eigenvalue weighted by molar-refractivity contribution is 6.32. The molecule has 90 valence electrons. The molecule has 0 saturated heterocycles. The van der Waals surface area contributed by atoms with E-state index in [1.807, 2.05) is 0 Å².